The molecule has 4 heterocycles. The summed E-state index contributed by atoms with van der Waals surface area (Å²) in [5.41, 5.74) is -0.0751. The second-order valence-corrected chi connectivity index (χ2v) is 9.07. The highest BCUT2D eigenvalue weighted by atomic mass is 32.1. The Hall–Kier alpha value is -4.13. The largest absolute Gasteiger partial charge is 0.337 e. The van der Waals surface area contributed by atoms with E-state index in [9.17, 15) is 18.8 Å². The van der Waals surface area contributed by atoms with Crippen LogP contribution in [0.3, 0.4) is 0 Å². The van der Waals surface area contributed by atoms with Gasteiger partial charge >= 0.3 is 5.69 Å². The quantitative estimate of drug-likeness (QED) is 0.338. The first kappa shape index (κ1) is 22.7. The number of fused-ring (bicyclic) bond motifs is 2. The molecule has 0 atom stereocenters. The van der Waals surface area contributed by atoms with Crippen LogP contribution in [0.25, 0.3) is 21.4 Å². The zero-order valence-corrected chi connectivity index (χ0v) is 19.8. The first-order valence-electron chi connectivity index (χ1n) is 10.8. The van der Waals surface area contributed by atoms with Crippen LogP contribution in [0.15, 0.2) is 52.8 Å². The average Bonchev–Trinajstić information content (AvgIpc) is 3.58. The first-order chi connectivity index (χ1) is 16.8. The number of aryl methyl sites for hydroxylation is 2. The van der Waals surface area contributed by atoms with Crippen molar-refractivity contribution in [2.24, 2.45) is 14.1 Å². The van der Waals surface area contributed by atoms with Gasteiger partial charge in [-0.1, -0.05) is 11.3 Å². The van der Waals surface area contributed by atoms with Crippen molar-refractivity contribution in [2.75, 3.05) is 11.4 Å². The Morgan fingerprint density at radius 1 is 1.17 bits per heavy atom. The molecule has 5 rings (SSSR count). The van der Waals surface area contributed by atoms with E-state index in [0.717, 1.165) is 4.57 Å². The summed E-state index contributed by atoms with van der Waals surface area (Å²) in [5, 5.41) is 0.436. The number of hydrogen-bond acceptors (Lipinski definition) is 7. The van der Waals surface area contributed by atoms with E-state index in [0.29, 0.717) is 34.9 Å². The zero-order chi connectivity index (χ0) is 24.7. The lowest BCUT2D eigenvalue weighted by molar-refractivity contribution is -0.119. The molecular weight excluding hydrogens is 475 g/mol. The normalized spacial score (nSPS) is 11.5. The fourth-order valence-electron chi connectivity index (χ4n) is 3.91. The maximum absolute atomic E-state index is 13.7. The second-order valence-electron chi connectivity index (χ2n) is 8.06. The van der Waals surface area contributed by atoms with Gasteiger partial charge in [0.2, 0.25) is 5.91 Å². The monoisotopic (exact) mass is 496 g/mol. The first-order valence-corrected chi connectivity index (χ1v) is 11.6. The molecule has 0 unspecified atom stereocenters. The average molecular weight is 497 g/mol. The smallest absolute Gasteiger partial charge is 0.332 e. The Morgan fingerprint density at radius 3 is 2.77 bits per heavy atom. The van der Waals surface area contributed by atoms with E-state index in [1.165, 1.54) is 57.9 Å². The molecule has 0 spiro atoms. The van der Waals surface area contributed by atoms with Gasteiger partial charge in [0.15, 0.2) is 16.3 Å². The highest BCUT2D eigenvalue weighted by Crippen LogP contribution is 2.30. The zero-order valence-electron chi connectivity index (χ0n) is 19.0. The number of carbonyl (C=O) groups is 1. The Morgan fingerprint density at radius 2 is 2.00 bits per heavy atom. The van der Waals surface area contributed by atoms with Crippen LogP contribution < -0.4 is 16.1 Å². The molecule has 0 radical (unpaired) electrons. The third-order valence-corrected chi connectivity index (χ3v) is 6.79. The molecular formula is C22H21FN8O3S. The number of benzene rings is 1. The number of halogens is 1. The van der Waals surface area contributed by atoms with E-state index in [1.807, 2.05) is 10.8 Å². The molecule has 0 bridgehead atoms. The van der Waals surface area contributed by atoms with Crippen LogP contribution in [-0.2, 0) is 32.0 Å². The lowest BCUT2D eigenvalue weighted by atomic mass is 10.3. The molecule has 1 aromatic carbocycles. The van der Waals surface area contributed by atoms with Gasteiger partial charge in [-0.3, -0.25) is 23.6 Å². The number of aromatic nitrogens is 7. The number of rotatable bonds is 7. The third kappa shape index (κ3) is 4.14. The molecule has 0 aliphatic rings. The Balaban J connectivity index is 1.48. The molecule has 5 aromatic rings. The van der Waals surface area contributed by atoms with Gasteiger partial charge in [0.25, 0.3) is 5.56 Å². The van der Waals surface area contributed by atoms with Crippen LogP contribution in [-0.4, -0.2) is 45.7 Å². The minimum atomic E-state index is -0.532. The summed E-state index contributed by atoms with van der Waals surface area (Å²) in [6.45, 7) is 0.807. The molecule has 13 heteroatoms. The van der Waals surface area contributed by atoms with Crippen LogP contribution in [0, 0.1) is 5.82 Å². The van der Waals surface area contributed by atoms with Gasteiger partial charge in [-0.15, -0.1) is 0 Å². The maximum atomic E-state index is 13.7. The molecule has 0 fully saturated rings. The summed E-state index contributed by atoms with van der Waals surface area (Å²) in [5.74, 6) is -0.692. The summed E-state index contributed by atoms with van der Waals surface area (Å²) in [7, 11) is 2.90. The number of amides is 1. The predicted molar refractivity (Wildman–Crippen MR) is 129 cm³/mol. The van der Waals surface area contributed by atoms with E-state index in [4.69, 9.17) is 0 Å². The van der Waals surface area contributed by atoms with Crippen LogP contribution in [0.2, 0.25) is 0 Å². The van der Waals surface area contributed by atoms with Crippen molar-refractivity contribution in [3.05, 3.63) is 69.9 Å². The number of imidazole rings is 2. The maximum Gasteiger partial charge on any atom is 0.332 e. The van der Waals surface area contributed by atoms with Gasteiger partial charge in [0, 0.05) is 39.6 Å². The Kier molecular flexibility index (Phi) is 5.76. The van der Waals surface area contributed by atoms with Crippen LogP contribution in [0.1, 0.15) is 6.42 Å². The molecule has 0 saturated carbocycles. The van der Waals surface area contributed by atoms with Crippen molar-refractivity contribution < 1.29 is 9.18 Å². The van der Waals surface area contributed by atoms with E-state index in [2.05, 4.69) is 15.0 Å². The van der Waals surface area contributed by atoms with Crippen molar-refractivity contribution >= 4 is 43.8 Å². The number of thiazole rings is 1. The van der Waals surface area contributed by atoms with Crippen LogP contribution in [0.4, 0.5) is 9.52 Å². The van der Waals surface area contributed by atoms with Crippen LogP contribution >= 0.6 is 11.3 Å². The highest BCUT2D eigenvalue weighted by Gasteiger charge is 2.22. The van der Waals surface area contributed by atoms with Gasteiger partial charge in [0.1, 0.15) is 12.4 Å². The molecule has 35 heavy (non-hydrogen) atoms. The fraction of sp³-hybridized carbons (Fsp3) is 0.273. The molecule has 0 aliphatic carbocycles. The Labute approximate surface area is 201 Å². The number of anilines is 1. The molecule has 180 valence electrons. The molecule has 4 aromatic heterocycles. The number of nitrogens with zero attached hydrogens (tertiary/aromatic N) is 8. The van der Waals surface area contributed by atoms with Gasteiger partial charge < -0.3 is 9.13 Å². The van der Waals surface area contributed by atoms with Gasteiger partial charge in [-0.05, 0) is 24.6 Å². The van der Waals surface area contributed by atoms with Crippen molar-refractivity contribution in [3.8, 4) is 0 Å². The highest BCUT2D eigenvalue weighted by molar-refractivity contribution is 7.22. The van der Waals surface area contributed by atoms with E-state index < -0.39 is 11.2 Å². The third-order valence-electron chi connectivity index (χ3n) is 5.75. The van der Waals surface area contributed by atoms with E-state index >= 15 is 0 Å². The molecule has 0 N–H and O–H groups in total. The van der Waals surface area contributed by atoms with Crippen molar-refractivity contribution in [1.82, 2.24) is 33.2 Å². The van der Waals surface area contributed by atoms with Crippen molar-refractivity contribution in [3.63, 3.8) is 0 Å². The minimum absolute atomic E-state index is 0.160. The van der Waals surface area contributed by atoms with Crippen LogP contribution in [0.5, 0.6) is 0 Å². The molecule has 1 amide bonds. The predicted octanol–water partition coefficient (Wildman–Crippen LogP) is 1.50. The summed E-state index contributed by atoms with van der Waals surface area (Å²) >= 11 is 1.22. The lowest BCUT2D eigenvalue weighted by Crippen LogP contribution is -2.39. The SMILES string of the molecule is Cn1c(=O)c2c(ncn2CC(=O)N(CCCn2ccnc2)c2nc3ccc(F)cc3s2)n(C)c1=O. The Bertz CT molecular complexity index is 1660. The van der Waals surface area contributed by atoms with Gasteiger partial charge in [0.05, 0.1) is 22.9 Å². The van der Waals surface area contributed by atoms with Crippen molar-refractivity contribution in [1.29, 1.82) is 0 Å². The summed E-state index contributed by atoms with van der Waals surface area (Å²) in [6, 6.07) is 4.29. The summed E-state index contributed by atoms with van der Waals surface area (Å²) in [4.78, 5) is 52.8. The number of carbonyl (C=O) groups excluding carboxylic acids is 1. The summed E-state index contributed by atoms with van der Waals surface area (Å²) in [6.07, 6.45) is 7.21. The van der Waals surface area contributed by atoms with E-state index in [1.54, 1.807) is 18.6 Å². The van der Waals surface area contributed by atoms with Crippen molar-refractivity contribution in [2.45, 2.75) is 19.5 Å². The number of hydrogen-bond donors (Lipinski definition) is 0. The van der Waals surface area contributed by atoms with E-state index in [-0.39, 0.29) is 29.4 Å². The minimum Gasteiger partial charge on any atom is -0.337 e. The van der Waals surface area contributed by atoms with Gasteiger partial charge in [-0.25, -0.2) is 24.1 Å². The molecule has 11 nitrogen and oxygen atoms in total. The molecule has 0 aliphatic heterocycles. The lowest BCUT2D eigenvalue weighted by Gasteiger charge is -2.20. The standard InChI is InChI=1S/C22H21FN8O3S/c1-27-19-18(20(33)28(2)22(27)34)30(13-25-19)11-17(32)31(8-3-7-29-9-6-24-12-29)21-26-15-5-4-14(23)10-16(15)35-21/h4-6,9-10,12-13H,3,7-8,11H2,1-2H3. The molecule has 0 saturated heterocycles. The fourth-order valence-corrected chi connectivity index (χ4v) is 4.94. The summed E-state index contributed by atoms with van der Waals surface area (Å²) < 4.78 is 19.9. The second kappa shape index (κ2) is 8.91. The topological polar surface area (TPSA) is 113 Å². The van der Waals surface area contributed by atoms with Gasteiger partial charge in [-0.2, -0.15) is 0 Å².